The number of benzene rings is 1. The highest BCUT2D eigenvalue weighted by molar-refractivity contribution is 5.78. The Labute approximate surface area is 197 Å². The minimum atomic E-state index is -2.71. The highest BCUT2D eigenvalue weighted by atomic mass is 19.3. The van der Waals surface area contributed by atoms with E-state index in [4.69, 9.17) is 0 Å². The summed E-state index contributed by atoms with van der Waals surface area (Å²) < 4.78 is 43.9. The van der Waals surface area contributed by atoms with Crippen LogP contribution < -0.4 is 5.56 Å². The molecule has 0 N–H and O–H groups in total. The first kappa shape index (κ1) is 24.0. The van der Waals surface area contributed by atoms with Crippen LogP contribution in [0.1, 0.15) is 51.8 Å². The second kappa shape index (κ2) is 8.29. The third kappa shape index (κ3) is 4.36. The number of piperidine rings is 1. The molecule has 0 aliphatic carbocycles. The van der Waals surface area contributed by atoms with Crippen LogP contribution in [0.4, 0.5) is 13.2 Å². The van der Waals surface area contributed by atoms with E-state index >= 15 is 0 Å². The molecule has 0 amide bonds. The van der Waals surface area contributed by atoms with Crippen LogP contribution in [0.15, 0.2) is 60.0 Å². The Bertz CT molecular complexity index is 1280. The minimum absolute atomic E-state index is 0.0877. The lowest BCUT2D eigenvalue weighted by atomic mass is 9.75. The predicted molar refractivity (Wildman–Crippen MR) is 130 cm³/mol. The Balaban J connectivity index is 1.61. The van der Waals surface area contributed by atoms with Crippen LogP contribution in [0.2, 0.25) is 0 Å². The van der Waals surface area contributed by atoms with E-state index in [2.05, 4.69) is 16.5 Å². The summed E-state index contributed by atoms with van der Waals surface area (Å²) in [5.41, 5.74) is 0.618. The van der Waals surface area contributed by atoms with Gasteiger partial charge in [0.1, 0.15) is 11.3 Å². The highest BCUT2D eigenvalue weighted by Gasteiger charge is 2.47. The van der Waals surface area contributed by atoms with Crippen molar-refractivity contribution < 1.29 is 13.2 Å². The van der Waals surface area contributed by atoms with E-state index in [1.165, 1.54) is 24.3 Å². The van der Waals surface area contributed by atoms with E-state index in [0.29, 0.717) is 37.1 Å². The van der Waals surface area contributed by atoms with Crippen molar-refractivity contribution in [1.29, 1.82) is 0 Å². The van der Waals surface area contributed by atoms with Gasteiger partial charge in [0, 0.05) is 42.0 Å². The zero-order valence-electron chi connectivity index (χ0n) is 20.0. The fraction of sp³-hybridized carbons (Fsp3) is 0.407. The maximum Gasteiger partial charge on any atom is 0.258 e. The largest absolute Gasteiger partial charge is 0.371 e. The van der Waals surface area contributed by atoms with Gasteiger partial charge < -0.3 is 4.90 Å². The van der Waals surface area contributed by atoms with Gasteiger partial charge in [-0.2, -0.15) is 0 Å². The molecule has 1 aliphatic heterocycles. The lowest BCUT2D eigenvalue weighted by molar-refractivity contribution is -0.119. The molecule has 2 aromatic heterocycles. The quantitative estimate of drug-likeness (QED) is 0.440. The molecule has 1 fully saturated rings. The molecule has 1 aromatic carbocycles. The average molecular weight is 470 g/mol. The summed E-state index contributed by atoms with van der Waals surface area (Å²) in [5, 5.41) is 0. The normalized spacial score (nSPS) is 16.6. The van der Waals surface area contributed by atoms with Crippen molar-refractivity contribution >= 4 is 11.3 Å². The lowest BCUT2D eigenvalue weighted by Gasteiger charge is -2.44. The first-order valence-corrected chi connectivity index (χ1v) is 11.4. The molecule has 0 atom stereocenters. The van der Waals surface area contributed by atoms with E-state index in [1.807, 2.05) is 30.3 Å². The SMILES string of the molecule is C=C(c1ccc(-c2cccn3c(=O)cc(C(C)(C)F)nc23)cc1)N1CCC(C)(C(C)(F)F)CC1. The number of alkyl halides is 3. The summed E-state index contributed by atoms with van der Waals surface area (Å²) in [6, 6.07) is 12.5. The molecule has 4 rings (SSSR count). The van der Waals surface area contributed by atoms with Gasteiger partial charge in [-0.3, -0.25) is 9.20 Å². The second-order valence-electron chi connectivity index (χ2n) is 10.0. The summed E-state index contributed by atoms with van der Waals surface area (Å²) >= 11 is 0. The molecule has 4 nitrogen and oxygen atoms in total. The number of fused-ring (bicyclic) bond motifs is 1. The number of rotatable bonds is 5. The van der Waals surface area contributed by atoms with E-state index in [0.717, 1.165) is 23.7 Å². The molecular formula is C27H30F3N3O. The first-order valence-electron chi connectivity index (χ1n) is 11.4. The van der Waals surface area contributed by atoms with Gasteiger partial charge in [-0.05, 0) is 56.9 Å². The Kier molecular flexibility index (Phi) is 5.86. The number of hydrogen-bond donors (Lipinski definition) is 0. The smallest absolute Gasteiger partial charge is 0.258 e. The Morgan fingerprint density at radius 1 is 1.06 bits per heavy atom. The summed E-state index contributed by atoms with van der Waals surface area (Å²) in [4.78, 5) is 19.0. The Morgan fingerprint density at radius 2 is 1.68 bits per heavy atom. The third-order valence-electron chi connectivity index (χ3n) is 7.14. The summed E-state index contributed by atoms with van der Waals surface area (Å²) in [5.74, 6) is -2.71. The predicted octanol–water partition coefficient (Wildman–Crippen LogP) is 6.29. The van der Waals surface area contributed by atoms with Crippen molar-refractivity contribution in [3.8, 4) is 11.1 Å². The van der Waals surface area contributed by atoms with Gasteiger partial charge in [0.25, 0.3) is 11.5 Å². The van der Waals surface area contributed by atoms with Crippen molar-refractivity contribution in [3.05, 3.63) is 76.9 Å². The van der Waals surface area contributed by atoms with Crippen LogP contribution >= 0.6 is 0 Å². The number of aromatic nitrogens is 2. The zero-order chi connectivity index (χ0) is 24.9. The number of halogens is 3. The number of hydrogen-bond acceptors (Lipinski definition) is 3. The molecule has 0 unspecified atom stereocenters. The van der Waals surface area contributed by atoms with Crippen molar-refractivity contribution in [1.82, 2.24) is 14.3 Å². The first-order chi connectivity index (χ1) is 15.8. The maximum absolute atomic E-state index is 14.5. The number of likely N-dealkylation sites (tertiary alicyclic amines) is 1. The topological polar surface area (TPSA) is 37.6 Å². The standard InChI is InChI=1S/C27H30F3N3O/c1-18(32-15-12-26(4,13-16-32)27(5,29)30)19-8-10-20(11-9-19)21-7-6-14-33-23(34)17-22(25(2,3)28)31-24(21)33/h6-11,14,17H,1,12-13,15-16H2,2-5H3. The summed E-state index contributed by atoms with van der Waals surface area (Å²) in [6.07, 6.45) is 2.41. The molecule has 0 radical (unpaired) electrons. The molecule has 7 heteroatoms. The molecule has 180 valence electrons. The van der Waals surface area contributed by atoms with Crippen LogP contribution in [0.5, 0.6) is 0 Å². The monoisotopic (exact) mass is 469 g/mol. The summed E-state index contributed by atoms with van der Waals surface area (Å²) in [6.45, 7) is 10.7. The molecule has 3 aromatic rings. The van der Waals surface area contributed by atoms with Crippen molar-refractivity contribution in [3.63, 3.8) is 0 Å². The molecule has 1 saturated heterocycles. The van der Waals surface area contributed by atoms with Crippen molar-refractivity contribution in [2.75, 3.05) is 13.1 Å². The van der Waals surface area contributed by atoms with Gasteiger partial charge in [0.05, 0.1) is 5.69 Å². The molecule has 1 aliphatic rings. The Morgan fingerprint density at radius 3 is 2.24 bits per heavy atom. The average Bonchev–Trinajstić information content (AvgIpc) is 2.77. The van der Waals surface area contributed by atoms with E-state index in [9.17, 15) is 18.0 Å². The number of nitrogens with zero attached hydrogens (tertiary/aromatic N) is 3. The van der Waals surface area contributed by atoms with Crippen LogP contribution in [0.3, 0.4) is 0 Å². The molecular weight excluding hydrogens is 439 g/mol. The highest BCUT2D eigenvalue weighted by Crippen LogP contribution is 2.45. The maximum atomic E-state index is 14.5. The Hall–Kier alpha value is -3.09. The van der Waals surface area contributed by atoms with E-state index in [1.54, 1.807) is 19.2 Å². The second-order valence-corrected chi connectivity index (χ2v) is 10.0. The van der Waals surface area contributed by atoms with Gasteiger partial charge in [-0.1, -0.05) is 37.8 Å². The lowest BCUT2D eigenvalue weighted by Crippen LogP contribution is -2.46. The molecule has 0 spiro atoms. The van der Waals surface area contributed by atoms with Crippen molar-refractivity contribution in [2.24, 2.45) is 5.41 Å². The van der Waals surface area contributed by atoms with Crippen molar-refractivity contribution in [2.45, 2.75) is 52.1 Å². The fourth-order valence-electron chi connectivity index (χ4n) is 4.39. The van der Waals surface area contributed by atoms with E-state index < -0.39 is 17.0 Å². The summed E-state index contributed by atoms with van der Waals surface area (Å²) in [7, 11) is 0. The van der Waals surface area contributed by atoms with Gasteiger partial charge in [0.15, 0.2) is 0 Å². The van der Waals surface area contributed by atoms with Gasteiger partial charge in [-0.15, -0.1) is 0 Å². The molecule has 34 heavy (non-hydrogen) atoms. The molecule has 0 bridgehead atoms. The van der Waals surface area contributed by atoms with Crippen LogP contribution in [-0.4, -0.2) is 33.3 Å². The van der Waals surface area contributed by atoms with Crippen LogP contribution in [0, 0.1) is 5.41 Å². The van der Waals surface area contributed by atoms with Gasteiger partial charge in [0.2, 0.25) is 0 Å². The van der Waals surface area contributed by atoms with Crippen LogP contribution in [-0.2, 0) is 5.67 Å². The zero-order valence-corrected chi connectivity index (χ0v) is 20.0. The molecule has 0 saturated carbocycles. The third-order valence-corrected chi connectivity index (χ3v) is 7.14. The number of pyridine rings is 1. The van der Waals surface area contributed by atoms with Crippen LogP contribution in [0.25, 0.3) is 22.5 Å². The minimum Gasteiger partial charge on any atom is -0.371 e. The van der Waals surface area contributed by atoms with Gasteiger partial charge >= 0.3 is 0 Å². The van der Waals surface area contributed by atoms with Gasteiger partial charge in [-0.25, -0.2) is 18.2 Å². The fourth-order valence-corrected chi connectivity index (χ4v) is 4.39. The molecule has 3 heterocycles. The van der Waals surface area contributed by atoms with E-state index in [-0.39, 0.29) is 11.3 Å².